The molecule has 22 heavy (non-hydrogen) atoms. The van der Waals surface area contributed by atoms with Crippen molar-refractivity contribution in [1.29, 1.82) is 0 Å². The quantitative estimate of drug-likeness (QED) is 0.565. The molecule has 0 fully saturated rings. The Morgan fingerprint density at radius 2 is 2.14 bits per heavy atom. The van der Waals surface area contributed by atoms with Crippen molar-refractivity contribution in [2.24, 2.45) is 0 Å². The van der Waals surface area contributed by atoms with Crippen molar-refractivity contribution in [1.82, 2.24) is 24.3 Å². The predicted molar refractivity (Wildman–Crippen MR) is 75.2 cm³/mol. The van der Waals surface area contributed by atoms with E-state index in [-0.39, 0.29) is 5.69 Å². The number of rotatable bonds is 4. The van der Waals surface area contributed by atoms with E-state index in [2.05, 4.69) is 15.2 Å². The fourth-order valence-electron chi connectivity index (χ4n) is 2.18. The molecule has 0 bridgehead atoms. The first-order valence-electron chi connectivity index (χ1n) is 6.72. The molecule has 4 aromatic heterocycles. The first kappa shape index (κ1) is 12.6. The molecule has 0 atom stereocenters. The molecule has 0 aliphatic rings. The smallest absolute Gasteiger partial charge is 0.350 e. The summed E-state index contributed by atoms with van der Waals surface area (Å²) in [6, 6.07) is 8.90. The lowest BCUT2D eigenvalue weighted by Crippen LogP contribution is -2.22. The van der Waals surface area contributed by atoms with E-state index >= 15 is 0 Å². The summed E-state index contributed by atoms with van der Waals surface area (Å²) in [5.41, 5.74) is 0.413. The number of aromatic nitrogens is 5. The van der Waals surface area contributed by atoms with Crippen LogP contribution in [0.1, 0.15) is 5.89 Å². The largest absolute Gasteiger partial charge is 0.461 e. The Balaban J connectivity index is 1.55. The van der Waals surface area contributed by atoms with Gasteiger partial charge in [-0.1, -0.05) is 11.2 Å². The van der Waals surface area contributed by atoms with Crippen LogP contribution in [0, 0.1) is 0 Å². The van der Waals surface area contributed by atoms with Gasteiger partial charge in [-0.2, -0.15) is 4.98 Å². The lowest BCUT2D eigenvalue weighted by atomic mass is 10.4. The van der Waals surface area contributed by atoms with Crippen molar-refractivity contribution >= 4 is 5.65 Å². The van der Waals surface area contributed by atoms with Gasteiger partial charge in [0.25, 0.3) is 0 Å². The molecule has 0 aromatic carbocycles. The van der Waals surface area contributed by atoms with Gasteiger partial charge in [-0.15, -0.1) is 5.10 Å². The van der Waals surface area contributed by atoms with E-state index < -0.39 is 0 Å². The predicted octanol–water partition coefficient (Wildman–Crippen LogP) is 1.38. The molecule has 0 unspecified atom stereocenters. The van der Waals surface area contributed by atoms with Crippen molar-refractivity contribution in [2.75, 3.05) is 0 Å². The molecule has 0 spiro atoms. The van der Waals surface area contributed by atoms with Gasteiger partial charge in [-0.25, -0.2) is 9.48 Å². The van der Waals surface area contributed by atoms with Gasteiger partial charge in [0.15, 0.2) is 11.4 Å². The Labute approximate surface area is 123 Å². The minimum atomic E-state index is -0.193. The molecule has 110 valence electrons. The number of fused-ring (bicyclic) bond motifs is 1. The first-order chi connectivity index (χ1) is 10.8. The van der Waals surface area contributed by atoms with Crippen LogP contribution < -0.4 is 5.69 Å². The number of aryl methyl sites for hydroxylation is 2. The number of hydrogen-bond acceptors (Lipinski definition) is 6. The number of pyridine rings is 1. The van der Waals surface area contributed by atoms with Crippen LogP contribution in [0.4, 0.5) is 0 Å². The zero-order valence-corrected chi connectivity index (χ0v) is 11.4. The van der Waals surface area contributed by atoms with Gasteiger partial charge >= 0.3 is 5.69 Å². The molecule has 0 N–H and O–H groups in total. The van der Waals surface area contributed by atoms with Gasteiger partial charge in [0.1, 0.15) is 0 Å². The molecule has 0 radical (unpaired) electrons. The van der Waals surface area contributed by atoms with Crippen molar-refractivity contribution in [3.05, 3.63) is 59.2 Å². The van der Waals surface area contributed by atoms with Crippen LogP contribution in [-0.4, -0.2) is 24.3 Å². The van der Waals surface area contributed by atoms with Gasteiger partial charge in [0, 0.05) is 12.6 Å². The fourth-order valence-corrected chi connectivity index (χ4v) is 2.18. The van der Waals surface area contributed by atoms with Crippen LogP contribution in [0.15, 0.2) is 56.5 Å². The number of nitrogens with zero attached hydrogens (tertiary/aromatic N) is 5. The highest BCUT2D eigenvalue weighted by atomic mass is 16.5. The highest BCUT2D eigenvalue weighted by Gasteiger charge is 2.12. The molecule has 4 aromatic rings. The third kappa shape index (κ3) is 2.10. The summed E-state index contributed by atoms with van der Waals surface area (Å²) in [5, 5.41) is 8.09. The monoisotopic (exact) mass is 297 g/mol. The zero-order valence-electron chi connectivity index (χ0n) is 11.4. The van der Waals surface area contributed by atoms with Crippen LogP contribution >= 0.6 is 0 Å². The average molecular weight is 297 g/mol. The topological polar surface area (TPSA) is 91.4 Å². The van der Waals surface area contributed by atoms with Crippen LogP contribution in [0.25, 0.3) is 17.2 Å². The van der Waals surface area contributed by atoms with Gasteiger partial charge in [0.05, 0.1) is 12.8 Å². The summed E-state index contributed by atoms with van der Waals surface area (Å²) in [6.07, 6.45) is 3.64. The molecule has 4 heterocycles. The summed E-state index contributed by atoms with van der Waals surface area (Å²) >= 11 is 0. The van der Waals surface area contributed by atoms with Crippen LogP contribution in [0.5, 0.6) is 0 Å². The Hall–Kier alpha value is -3.16. The Morgan fingerprint density at radius 1 is 1.18 bits per heavy atom. The molecule has 0 amide bonds. The van der Waals surface area contributed by atoms with E-state index in [0.29, 0.717) is 36.1 Å². The number of hydrogen-bond donors (Lipinski definition) is 0. The lowest BCUT2D eigenvalue weighted by molar-refractivity contribution is 0.367. The summed E-state index contributed by atoms with van der Waals surface area (Å²) in [5.74, 6) is 1.36. The molecule has 0 saturated carbocycles. The summed E-state index contributed by atoms with van der Waals surface area (Å²) in [7, 11) is 0. The third-order valence-corrected chi connectivity index (χ3v) is 3.24. The minimum absolute atomic E-state index is 0.193. The van der Waals surface area contributed by atoms with Gasteiger partial charge in [-0.3, -0.25) is 4.40 Å². The van der Waals surface area contributed by atoms with Crippen molar-refractivity contribution in [2.45, 2.75) is 13.0 Å². The molecule has 0 aliphatic carbocycles. The second-order valence-corrected chi connectivity index (χ2v) is 4.67. The van der Waals surface area contributed by atoms with Crippen LogP contribution in [0.2, 0.25) is 0 Å². The molecule has 8 heteroatoms. The van der Waals surface area contributed by atoms with Crippen LogP contribution in [-0.2, 0) is 13.0 Å². The van der Waals surface area contributed by atoms with Crippen molar-refractivity contribution in [3.8, 4) is 11.6 Å². The van der Waals surface area contributed by atoms with Gasteiger partial charge in [-0.05, 0) is 24.3 Å². The second kappa shape index (κ2) is 4.99. The van der Waals surface area contributed by atoms with Crippen molar-refractivity contribution < 1.29 is 8.94 Å². The Bertz CT molecular complexity index is 964. The third-order valence-electron chi connectivity index (χ3n) is 3.24. The van der Waals surface area contributed by atoms with E-state index in [0.717, 1.165) is 0 Å². The van der Waals surface area contributed by atoms with E-state index in [1.807, 2.05) is 6.07 Å². The first-order valence-corrected chi connectivity index (χ1v) is 6.72. The fraction of sp³-hybridized carbons (Fsp3) is 0.143. The maximum absolute atomic E-state index is 12.1. The summed E-state index contributed by atoms with van der Waals surface area (Å²) < 4.78 is 13.2. The van der Waals surface area contributed by atoms with E-state index in [9.17, 15) is 4.79 Å². The standard InChI is InChI=1S/C14H11N5O3/c20-14-18-7-2-1-5-11(18)16-19(14)8-6-12-15-13(17-22-12)10-4-3-9-21-10/h1-5,7,9H,6,8H2. The SMILES string of the molecule is O=c1n(CCc2nc(-c3ccco3)no2)nc2ccccn12. The highest BCUT2D eigenvalue weighted by Crippen LogP contribution is 2.15. The Morgan fingerprint density at radius 3 is 2.95 bits per heavy atom. The maximum atomic E-state index is 12.1. The van der Waals surface area contributed by atoms with Gasteiger partial charge in [0.2, 0.25) is 11.7 Å². The molecular weight excluding hydrogens is 286 g/mol. The zero-order chi connectivity index (χ0) is 14.9. The second-order valence-electron chi connectivity index (χ2n) is 4.67. The molecular formula is C14H11N5O3. The Kier molecular flexibility index (Phi) is 2.85. The molecule has 4 rings (SSSR count). The van der Waals surface area contributed by atoms with Crippen molar-refractivity contribution in [3.63, 3.8) is 0 Å². The van der Waals surface area contributed by atoms with E-state index in [1.54, 1.807) is 36.7 Å². The number of furan rings is 1. The van der Waals surface area contributed by atoms with E-state index in [1.165, 1.54) is 9.08 Å². The van der Waals surface area contributed by atoms with E-state index in [4.69, 9.17) is 8.94 Å². The minimum Gasteiger partial charge on any atom is -0.461 e. The molecule has 8 nitrogen and oxygen atoms in total. The normalized spacial score (nSPS) is 11.3. The van der Waals surface area contributed by atoms with Gasteiger partial charge < -0.3 is 8.94 Å². The lowest BCUT2D eigenvalue weighted by Gasteiger charge is -1.94. The van der Waals surface area contributed by atoms with Crippen LogP contribution in [0.3, 0.4) is 0 Å². The molecule has 0 aliphatic heterocycles. The average Bonchev–Trinajstić information content (AvgIpc) is 3.26. The maximum Gasteiger partial charge on any atom is 0.350 e. The molecule has 0 saturated heterocycles. The highest BCUT2D eigenvalue weighted by molar-refractivity contribution is 5.44. The summed E-state index contributed by atoms with van der Waals surface area (Å²) in [6.45, 7) is 0.361. The summed E-state index contributed by atoms with van der Waals surface area (Å²) in [4.78, 5) is 16.4.